The molecule has 8 nitrogen and oxygen atoms in total. The van der Waals surface area contributed by atoms with Gasteiger partial charge in [-0.05, 0) is 6.42 Å². The smallest absolute Gasteiger partial charge is 0.110 e. The average molecular weight is 226 g/mol. The normalized spacial score (nSPS) is 13.8. The van der Waals surface area contributed by atoms with E-state index in [1.807, 2.05) is 6.92 Å². The monoisotopic (exact) mass is 226 g/mol. The highest BCUT2D eigenvalue weighted by atomic mass is 17.1. The van der Waals surface area contributed by atoms with E-state index in [1.54, 1.807) is 0 Å². The van der Waals surface area contributed by atoms with E-state index < -0.39 is 16.9 Å². The van der Waals surface area contributed by atoms with Gasteiger partial charge in [0.25, 0.3) is 0 Å². The number of unbranched alkanes of at least 4 members (excludes halogenated alkanes) is 2. The first-order valence-electron chi connectivity index (χ1n) is 4.71. The Morgan fingerprint density at radius 1 is 1.07 bits per heavy atom. The molecule has 0 radical (unpaired) electrons. The van der Waals surface area contributed by atoms with Crippen LogP contribution in [0.15, 0.2) is 0 Å². The van der Waals surface area contributed by atoms with Crippen LogP contribution in [0.5, 0.6) is 0 Å². The maximum Gasteiger partial charge on any atom is 0.110 e. The lowest BCUT2D eigenvalue weighted by Gasteiger charge is -2.18. The van der Waals surface area contributed by atoms with Crippen molar-refractivity contribution in [2.45, 2.75) is 38.7 Å². The van der Waals surface area contributed by atoms with Gasteiger partial charge in [-0.25, -0.2) is 9.68 Å². The Morgan fingerprint density at radius 3 is 2.20 bits per heavy atom. The lowest BCUT2D eigenvalue weighted by molar-refractivity contribution is -0.527. The highest BCUT2D eigenvalue weighted by molar-refractivity contribution is 4.54. The molecule has 0 aliphatic heterocycles. The lowest BCUT2D eigenvalue weighted by atomic mass is 10.1. The van der Waals surface area contributed by atoms with Gasteiger partial charge in [0.15, 0.2) is 0 Å². The lowest BCUT2D eigenvalue weighted by Crippen LogP contribution is -2.31. The average Bonchev–Trinajstić information content (AvgIpc) is 2.13. The van der Waals surface area contributed by atoms with Crippen molar-refractivity contribution in [3.63, 3.8) is 0 Å². The molecule has 0 saturated heterocycles. The first-order chi connectivity index (χ1) is 7.06. The van der Waals surface area contributed by atoms with Crippen LogP contribution in [-0.4, -0.2) is 44.3 Å². The van der Waals surface area contributed by atoms with Crippen molar-refractivity contribution in [3.8, 4) is 0 Å². The summed E-state index contributed by atoms with van der Waals surface area (Å²) >= 11 is 0. The van der Waals surface area contributed by atoms with Crippen molar-refractivity contribution < 1.29 is 30.5 Å². The van der Waals surface area contributed by atoms with E-state index >= 15 is 0 Å². The van der Waals surface area contributed by atoms with Gasteiger partial charge < -0.3 is 0 Å². The summed E-state index contributed by atoms with van der Waals surface area (Å²) in [6.45, 7) is 1.83. The molecule has 0 rings (SSSR count). The maximum absolute atomic E-state index is 8.42. The number of nitrogens with zero attached hydrogens (tertiary/aromatic N) is 2. The van der Waals surface area contributed by atoms with E-state index in [4.69, 9.17) is 20.8 Å². The molecule has 0 aromatic heterocycles. The maximum atomic E-state index is 8.42. The summed E-state index contributed by atoms with van der Waals surface area (Å²) in [5.41, 5.74) is 0. The number of rotatable bonds is 9. The molecular formula is C7H18N2O6. The molecule has 0 bridgehead atoms. The Bertz CT molecular complexity index is 145. The molecule has 1 unspecified atom stereocenters. The minimum atomic E-state index is -0.659. The first-order valence-corrected chi connectivity index (χ1v) is 4.71. The van der Waals surface area contributed by atoms with Gasteiger partial charge >= 0.3 is 0 Å². The Morgan fingerprint density at radius 2 is 1.73 bits per heavy atom. The van der Waals surface area contributed by atoms with Gasteiger partial charge in [0, 0.05) is 0 Å². The Kier molecular flexibility index (Phi) is 8.76. The van der Waals surface area contributed by atoms with Crippen LogP contribution in [0.3, 0.4) is 0 Å². The van der Waals surface area contributed by atoms with Crippen LogP contribution in [0.4, 0.5) is 0 Å². The summed E-state index contributed by atoms with van der Waals surface area (Å²) in [5.74, 6) is 0. The molecule has 0 aromatic rings. The first kappa shape index (κ1) is 14.7. The van der Waals surface area contributed by atoms with Gasteiger partial charge in [0.1, 0.15) is 12.7 Å². The minimum Gasteiger partial charge on any atom is -0.266 e. The Labute approximate surface area is 87.6 Å². The summed E-state index contributed by atoms with van der Waals surface area (Å²) in [7, 11) is 0. The highest BCUT2D eigenvalue weighted by Crippen LogP contribution is 2.08. The van der Waals surface area contributed by atoms with Crippen molar-refractivity contribution in [2.75, 3.05) is 6.61 Å². The van der Waals surface area contributed by atoms with Gasteiger partial charge in [0.2, 0.25) is 0 Å². The molecule has 1 atom stereocenters. The van der Waals surface area contributed by atoms with Crippen LogP contribution < -0.4 is 0 Å². The summed E-state index contributed by atoms with van der Waals surface area (Å²) in [6, 6.07) is 0. The van der Waals surface area contributed by atoms with Crippen LogP contribution >= 0.6 is 0 Å². The second-order valence-corrected chi connectivity index (χ2v) is 3.02. The highest BCUT2D eigenvalue weighted by Gasteiger charge is 2.14. The molecule has 92 valence electrons. The Balaban J connectivity index is 3.73. The van der Waals surface area contributed by atoms with Crippen molar-refractivity contribution in [1.29, 1.82) is 0 Å². The van der Waals surface area contributed by atoms with Crippen LogP contribution in [0.2, 0.25) is 0 Å². The number of hydrogen-bond donors (Lipinski definition) is 4. The molecular weight excluding hydrogens is 208 g/mol. The molecule has 0 aliphatic carbocycles. The summed E-state index contributed by atoms with van der Waals surface area (Å²) < 4.78 is 0. The zero-order valence-electron chi connectivity index (χ0n) is 8.61. The molecule has 0 heterocycles. The van der Waals surface area contributed by atoms with Crippen molar-refractivity contribution in [2.24, 2.45) is 0 Å². The molecule has 15 heavy (non-hydrogen) atoms. The van der Waals surface area contributed by atoms with E-state index in [2.05, 4.69) is 9.68 Å². The number of hydrogen-bond acceptors (Lipinski definition) is 8. The summed E-state index contributed by atoms with van der Waals surface area (Å²) in [4.78, 5) is 8.82. The zero-order chi connectivity index (χ0) is 11.7. The largest absolute Gasteiger partial charge is 0.266 e. The molecule has 0 saturated carbocycles. The van der Waals surface area contributed by atoms with Crippen molar-refractivity contribution in [3.05, 3.63) is 0 Å². The SMILES string of the molecule is CCCCCC(CON(O)O)ON(O)O. The van der Waals surface area contributed by atoms with Crippen LogP contribution in [0, 0.1) is 0 Å². The third kappa shape index (κ3) is 9.97. The summed E-state index contributed by atoms with van der Waals surface area (Å²) in [5, 5.41) is 32.5. The van der Waals surface area contributed by atoms with Crippen molar-refractivity contribution in [1.82, 2.24) is 10.8 Å². The standard InChI is InChI=1S/C7H18N2O6/c1-2-3-4-5-7(15-9(12)13)6-14-8(10)11/h7,10-13H,2-6H2,1H3. The molecule has 8 heteroatoms. The molecule has 0 fully saturated rings. The zero-order valence-corrected chi connectivity index (χ0v) is 8.61. The van der Waals surface area contributed by atoms with Gasteiger partial charge in [0.05, 0.1) is 10.8 Å². The predicted molar refractivity (Wildman–Crippen MR) is 45.8 cm³/mol. The van der Waals surface area contributed by atoms with E-state index in [0.717, 1.165) is 19.3 Å². The van der Waals surface area contributed by atoms with Crippen molar-refractivity contribution >= 4 is 0 Å². The quantitative estimate of drug-likeness (QED) is 0.340. The fraction of sp³-hybridized carbons (Fsp3) is 1.00. The fourth-order valence-corrected chi connectivity index (χ4v) is 1.07. The van der Waals surface area contributed by atoms with E-state index in [1.165, 1.54) is 0 Å². The third-order valence-corrected chi connectivity index (χ3v) is 1.75. The molecule has 0 aromatic carbocycles. The van der Waals surface area contributed by atoms with Crippen LogP contribution in [0.25, 0.3) is 0 Å². The summed E-state index contributed by atoms with van der Waals surface area (Å²) in [6.07, 6.45) is 2.66. The predicted octanol–water partition coefficient (Wildman–Crippen LogP) is 0.959. The van der Waals surface area contributed by atoms with Crippen LogP contribution in [-0.2, 0) is 9.68 Å². The van der Waals surface area contributed by atoms with Gasteiger partial charge in [-0.2, -0.15) is 0 Å². The van der Waals surface area contributed by atoms with E-state index in [0.29, 0.717) is 6.42 Å². The topological polar surface area (TPSA) is 106 Å². The molecule has 0 aliphatic rings. The van der Waals surface area contributed by atoms with Gasteiger partial charge in [-0.1, -0.05) is 26.2 Å². The molecule has 0 spiro atoms. The van der Waals surface area contributed by atoms with E-state index in [-0.39, 0.29) is 6.61 Å². The fourth-order valence-electron chi connectivity index (χ4n) is 1.07. The van der Waals surface area contributed by atoms with Crippen LogP contribution in [0.1, 0.15) is 32.6 Å². The Hall–Kier alpha value is -0.320. The van der Waals surface area contributed by atoms with E-state index in [9.17, 15) is 0 Å². The molecule has 4 N–H and O–H groups in total. The second kappa shape index (κ2) is 8.95. The molecule has 0 amide bonds. The van der Waals surface area contributed by atoms with Gasteiger partial charge in [-0.15, -0.1) is 0 Å². The van der Waals surface area contributed by atoms with Gasteiger partial charge in [-0.3, -0.25) is 20.8 Å². The minimum absolute atomic E-state index is 0.200. The second-order valence-electron chi connectivity index (χ2n) is 3.02. The third-order valence-electron chi connectivity index (χ3n) is 1.75.